The van der Waals surface area contributed by atoms with Gasteiger partial charge in [-0.2, -0.15) is 0 Å². The first-order valence-electron chi connectivity index (χ1n) is 7.24. The molecule has 0 aromatic heterocycles. The van der Waals surface area contributed by atoms with Crippen molar-refractivity contribution in [3.63, 3.8) is 0 Å². The smallest absolute Gasteiger partial charge is 0.303 e. The van der Waals surface area contributed by atoms with Crippen molar-refractivity contribution < 1.29 is 14.7 Å². The molecule has 0 unspecified atom stereocenters. The second kappa shape index (κ2) is 8.68. The van der Waals surface area contributed by atoms with E-state index in [-0.39, 0.29) is 18.1 Å². The van der Waals surface area contributed by atoms with Gasteiger partial charge in [-0.05, 0) is 37.7 Å². The van der Waals surface area contributed by atoms with Gasteiger partial charge in [-0.3, -0.25) is 9.59 Å². The van der Waals surface area contributed by atoms with Crippen molar-refractivity contribution in [1.82, 2.24) is 0 Å². The van der Waals surface area contributed by atoms with E-state index in [1.54, 1.807) is 6.08 Å². The minimum atomic E-state index is -0.724. The van der Waals surface area contributed by atoms with Gasteiger partial charge in [-0.25, -0.2) is 0 Å². The first-order chi connectivity index (χ1) is 9.15. The summed E-state index contributed by atoms with van der Waals surface area (Å²) in [7, 11) is 0. The summed E-state index contributed by atoms with van der Waals surface area (Å²) in [6.07, 6.45) is 13.7. The molecule has 0 bridgehead atoms. The highest BCUT2D eigenvalue weighted by molar-refractivity contribution is 5.94. The molecular weight excluding hydrogens is 240 g/mol. The number of aliphatic carboxylic acids is 1. The fourth-order valence-electron chi connectivity index (χ4n) is 2.52. The quantitative estimate of drug-likeness (QED) is 0.509. The summed E-state index contributed by atoms with van der Waals surface area (Å²) in [6.45, 7) is 2.09. The van der Waals surface area contributed by atoms with Gasteiger partial charge < -0.3 is 5.11 Å². The molecule has 1 aliphatic carbocycles. The van der Waals surface area contributed by atoms with Crippen LogP contribution in [0.4, 0.5) is 0 Å². The Balaban J connectivity index is 2.27. The zero-order valence-corrected chi connectivity index (χ0v) is 11.7. The molecule has 2 atom stereocenters. The van der Waals surface area contributed by atoms with Gasteiger partial charge in [0, 0.05) is 12.3 Å². The highest BCUT2D eigenvalue weighted by atomic mass is 16.4. The third kappa shape index (κ3) is 5.86. The summed E-state index contributed by atoms with van der Waals surface area (Å²) in [5, 5.41) is 8.56. The molecule has 3 nitrogen and oxygen atoms in total. The number of rotatable bonds is 9. The molecule has 0 aromatic carbocycles. The summed E-state index contributed by atoms with van der Waals surface area (Å²) in [5.74, 6) is -0.0177. The third-order valence-corrected chi connectivity index (χ3v) is 3.61. The van der Waals surface area contributed by atoms with Crippen molar-refractivity contribution in [3.8, 4) is 0 Å². The van der Waals surface area contributed by atoms with E-state index in [1.807, 2.05) is 6.08 Å². The van der Waals surface area contributed by atoms with Crippen LogP contribution in [0, 0.1) is 11.8 Å². The molecule has 1 aliphatic rings. The number of allylic oxidation sites excluding steroid dienone is 4. The van der Waals surface area contributed by atoms with Crippen LogP contribution in [-0.2, 0) is 9.59 Å². The van der Waals surface area contributed by atoms with Gasteiger partial charge in [0.2, 0.25) is 0 Å². The molecule has 0 saturated heterocycles. The molecule has 1 N–H and O–H groups in total. The fourth-order valence-corrected chi connectivity index (χ4v) is 2.52. The Bertz CT molecular complexity index is 355. The van der Waals surface area contributed by atoms with Gasteiger partial charge >= 0.3 is 5.97 Å². The molecule has 1 rings (SSSR count). The number of unbranched alkanes of at least 4 members (excludes halogenated alkanes) is 2. The largest absolute Gasteiger partial charge is 0.481 e. The minimum Gasteiger partial charge on any atom is -0.481 e. The zero-order chi connectivity index (χ0) is 14.1. The highest BCUT2D eigenvalue weighted by Crippen LogP contribution is 2.30. The lowest BCUT2D eigenvalue weighted by molar-refractivity contribution is -0.137. The van der Waals surface area contributed by atoms with E-state index in [4.69, 9.17) is 5.11 Å². The van der Waals surface area contributed by atoms with E-state index in [0.717, 1.165) is 38.5 Å². The molecule has 0 aliphatic heterocycles. The molecule has 19 heavy (non-hydrogen) atoms. The molecule has 0 fully saturated rings. The predicted molar refractivity (Wildman–Crippen MR) is 75.9 cm³/mol. The van der Waals surface area contributed by atoms with Crippen LogP contribution in [0.2, 0.25) is 0 Å². The molecule has 0 saturated carbocycles. The first-order valence-corrected chi connectivity index (χ1v) is 7.24. The number of hydrogen-bond acceptors (Lipinski definition) is 2. The van der Waals surface area contributed by atoms with Crippen LogP contribution in [-0.4, -0.2) is 16.9 Å². The van der Waals surface area contributed by atoms with E-state index in [1.165, 1.54) is 0 Å². The SMILES string of the molecule is CC/C=C\C[C@@H]1C(=O)C=C[C@@H]1CCCCCC(=O)O. The summed E-state index contributed by atoms with van der Waals surface area (Å²) in [6, 6.07) is 0. The fraction of sp³-hybridized carbons (Fsp3) is 0.625. The Morgan fingerprint density at radius 3 is 2.79 bits per heavy atom. The van der Waals surface area contributed by atoms with Gasteiger partial charge in [0.1, 0.15) is 0 Å². The summed E-state index contributed by atoms with van der Waals surface area (Å²) < 4.78 is 0. The Morgan fingerprint density at radius 2 is 2.11 bits per heavy atom. The Hall–Kier alpha value is -1.38. The van der Waals surface area contributed by atoms with Crippen LogP contribution in [0.5, 0.6) is 0 Å². The maximum Gasteiger partial charge on any atom is 0.303 e. The summed E-state index contributed by atoms with van der Waals surface area (Å²) in [4.78, 5) is 22.2. The average Bonchev–Trinajstić information content (AvgIpc) is 2.71. The summed E-state index contributed by atoms with van der Waals surface area (Å²) >= 11 is 0. The van der Waals surface area contributed by atoms with Crippen LogP contribution in [0.3, 0.4) is 0 Å². The minimum absolute atomic E-state index is 0.113. The Morgan fingerprint density at radius 1 is 1.32 bits per heavy atom. The first kappa shape index (κ1) is 15.7. The lowest BCUT2D eigenvalue weighted by Crippen LogP contribution is -2.15. The maximum atomic E-state index is 11.8. The zero-order valence-electron chi connectivity index (χ0n) is 11.7. The van der Waals surface area contributed by atoms with Gasteiger partial charge in [-0.1, -0.05) is 38.0 Å². The molecule has 0 amide bonds. The van der Waals surface area contributed by atoms with E-state index < -0.39 is 5.97 Å². The number of ketones is 1. The maximum absolute atomic E-state index is 11.8. The van der Waals surface area contributed by atoms with Crippen molar-refractivity contribution in [2.75, 3.05) is 0 Å². The molecule has 0 heterocycles. The standard InChI is InChI=1S/C16H24O3/c1-2-3-5-9-14-13(11-12-15(14)17)8-6-4-7-10-16(18)19/h3,5,11-14H,2,4,6-10H2,1H3,(H,18,19)/b5-3-/t13-,14-/m0/s1. The second-order valence-electron chi connectivity index (χ2n) is 5.14. The monoisotopic (exact) mass is 264 g/mol. The van der Waals surface area contributed by atoms with Crippen LogP contribution in [0.25, 0.3) is 0 Å². The average molecular weight is 264 g/mol. The van der Waals surface area contributed by atoms with E-state index in [2.05, 4.69) is 19.1 Å². The molecule has 0 radical (unpaired) electrons. The van der Waals surface area contributed by atoms with Crippen LogP contribution in [0.1, 0.15) is 51.9 Å². The molecule has 0 aromatic rings. The van der Waals surface area contributed by atoms with Crippen molar-refractivity contribution in [1.29, 1.82) is 0 Å². The lowest BCUT2D eigenvalue weighted by Gasteiger charge is -2.16. The molecule has 3 heteroatoms. The Kier molecular flexibility index (Phi) is 7.16. The van der Waals surface area contributed by atoms with E-state index in [9.17, 15) is 9.59 Å². The highest BCUT2D eigenvalue weighted by Gasteiger charge is 2.28. The molecule has 106 valence electrons. The van der Waals surface area contributed by atoms with Crippen molar-refractivity contribution in [3.05, 3.63) is 24.3 Å². The number of hydrogen-bond donors (Lipinski definition) is 1. The number of carboxylic acid groups (broad SMARTS) is 1. The normalized spacial score (nSPS) is 22.5. The Labute approximate surface area is 115 Å². The van der Waals surface area contributed by atoms with Crippen LogP contribution in [0.15, 0.2) is 24.3 Å². The van der Waals surface area contributed by atoms with Gasteiger partial charge in [0.25, 0.3) is 0 Å². The molecular formula is C16H24O3. The van der Waals surface area contributed by atoms with Gasteiger partial charge in [0.05, 0.1) is 0 Å². The third-order valence-electron chi connectivity index (χ3n) is 3.61. The summed E-state index contributed by atoms with van der Waals surface area (Å²) in [5.41, 5.74) is 0. The number of carbonyl (C=O) groups is 2. The van der Waals surface area contributed by atoms with Crippen molar-refractivity contribution >= 4 is 11.8 Å². The second-order valence-corrected chi connectivity index (χ2v) is 5.14. The van der Waals surface area contributed by atoms with Crippen molar-refractivity contribution in [2.24, 2.45) is 11.8 Å². The number of carboxylic acids is 1. The molecule has 0 spiro atoms. The topological polar surface area (TPSA) is 54.4 Å². The van der Waals surface area contributed by atoms with Gasteiger partial charge in [-0.15, -0.1) is 0 Å². The van der Waals surface area contributed by atoms with Crippen LogP contribution < -0.4 is 0 Å². The predicted octanol–water partition coefficient (Wildman–Crippen LogP) is 3.75. The number of carbonyl (C=O) groups excluding carboxylic acids is 1. The van der Waals surface area contributed by atoms with Crippen LogP contribution >= 0.6 is 0 Å². The van der Waals surface area contributed by atoms with Gasteiger partial charge in [0.15, 0.2) is 5.78 Å². The lowest BCUT2D eigenvalue weighted by atomic mass is 9.87. The van der Waals surface area contributed by atoms with E-state index >= 15 is 0 Å². The van der Waals surface area contributed by atoms with E-state index in [0.29, 0.717) is 5.92 Å². The van der Waals surface area contributed by atoms with Crippen molar-refractivity contribution in [2.45, 2.75) is 51.9 Å².